The maximum absolute atomic E-state index is 12.2. The van der Waals surface area contributed by atoms with Crippen molar-refractivity contribution in [2.24, 2.45) is 0 Å². The molecule has 1 aromatic carbocycles. The van der Waals surface area contributed by atoms with Crippen LogP contribution in [0.4, 0.5) is 0 Å². The molecule has 0 unspecified atom stereocenters. The molecular weight excluding hydrogens is 254 g/mol. The van der Waals surface area contributed by atoms with Crippen LogP contribution < -0.4 is 10.9 Å². The van der Waals surface area contributed by atoms with Gasteiger partial charge in [0.15, 0.2) is 0 Å². The molecule has 5 heteroatoms. The van der Waals surface area contributed by atoms with E-state index >= 15 is 0 Å². The van der Waals surface area contributed by atoms with Crippen LogP contribution >= 0.6 is 0 Å². The Bertz CT molecular complexity index is 622. The molecule has 0 spiro atoms. The average Bonchev–Trinajstić information content (AvgIpc) is 2.46. The first-order chi connectivity index (χ1) is 9.74. The van der Waals surface area contributed by atoms with Crippen molar-refractivity contribution in [3.05, 3.63) is 40.3 Å². The van der Waals surface area contributed by atoms with Crippen LogP contribution in [0.1, 0.15) is 12.6 Å². The second kappa shape index (κ2) is 7.17. The Balaban J connectivity index is 2.09. The third kappa shape index (κ3) is 3.43. The van der Waals surface area contributed by atoms with Gasteiger partial charge in [-0.05, 0) is 26.0 Å². The molecule has 1 heterocycles. The van der Waals surface area contributed by atoms with E-state index in [0.717, 1.165) is 30.7 Å². The maximum atomic E-state index is 12.2. The Morgan fingerprint density at radius 2 is 2.10 bits per heavy atom. The number of nitrogens with one attached hydrogen (secondary N) is 1. The van der Waals surface area contributed by atoms with Gasteiger partial charge in [-0.2, -0.15) is 0 Å². The van der Waals surface area contributed by atoms with Crippen LogP contribution in [0.15, 0.2) is 29.1 Å². The molecule has 108 valence electrons. The van der Waals surface area contributed by atoms with Gasteiger partial charge in [0.2, 0.25) is 0 Å². The second-order valence-corrected chi connectivity index (χ2v) is 4.59. The molecule has 0 aliphatic rings. The van der Waals surface area contributed by atoms with Crippen LogP contribution in [0.2, 0.25) is 0 Å². The number of benzene rings is 1. The molecule has 1 N–H and O–H groups in total. The van der Waals surface area contributed by atoms with Crippen molar-refractivity contribution in [1.82, 2.24) is 14.9 Å². The first-order valence-electron chi connectivity index (χ1n) is 6.98. The normalized spacial score (nSPS) is 11.1. The maximum Gasteiger partial charge on any atom is 0.272 e. The Hall–Kier alpha value is -1.72. The number of hydrogen-bond acceptors (Lipinski definition) is 4. The van der Waals surface area contributed by atoms with Gasteiger partial charge in [-0.3, -0.25) is 4.79 Å². The van der Waals surface area contributed by atoms with E-state index in [1.807, 2.05) is 31.2 Å². The number of fused-ring (bicyclic) bond motifs is 1. The topological polar surface area (TPSA) is 56.1 Å². The van der Waals surface area contributed by atoms with Crippen LogP contribution in [0, 0.1) is 6.92 Å². The zero-order chi connectivity index (χ0) is 14.4. The van der Waals surface area contributed by atoms with Crippen molar-refractivity contribution in [3.8, 4) is 0 Å². The molecule has 0 fully saturated rings. The number of para-hydroxylation sites is 2. The molecule has 2 rings (SSSR count). The van der Waals surface area contributed by atoms with Gasteiger partial charge in [-0.15, -0.1) is 0 Å². The second-order valence-electron chi connectivity index (χ2n) is 4.59. The first kappa shape index (κ1) is 14.7. The zero-order valence-corrected chi connectivity index (χ0v) is 12.1. The highest BCUT2D eigenvalue weighted by atomic mass is 16.5. The van der Waals surface area contributed by atoms with E-state index in [1.54, 1.807) is 11.5 Å². The smallest absolute Gasteiger partial charge is 0.272 e. The zero-order valence-electron chi connectivity index (χ0n) is 12.1. The number of nitrogens with zero attached hydrogens (tertiary/aromatic N) is 2. The summed E-state index contributed by atoms with van der Waals surface area (Å²) in [7, 11) is 0. The highest BCUT2D eigenvalue weighted by Crippen LogP contribution is 2.09. The minimum Gasteiger partial charge on any atom is -0.380 e. The first-order valence-corrected chi connectivity index (χ1v) is 6.98. The fourth-order valence-corrected chi connectivity index (χ4v) is 2.15. The number of hydrogen-bond donors (Lipinski definition) is 1. The van der Waals surface area contributed by atoms with E-state index in [9.17, 15) is 4.79 Å². The summed E-state index contributed by atoms with van der Waals surface area (Å²) in [6, 6.07) is 7.73. The molecule has 0 bridgehead atoms. The van der Waals surface area contributed by atoms with Crippen molar-refractivity contribution in [2.75, 3.05) is 26.3 Å². The summed E-state index contributed by atoms with van der Waals surface area (Å²) in [4.78, 5) is 16.5. The molecule has 0 aliphatic carbocycles. The lowest BCUT2D eigenvalue weighted by Crippen LogP contribution is -2.30. The van der Waals surface area contributed by atoms with Gasteiger partial charge in [0.05, 0.1) is 17.6 Å². The molecule has 0 aliphatic heterocycles. The molecule has 2 aromatic rings. The van der Waals surface area contributed by atoms with E-state index in [2.05, 4.69) is 10.3 Å². The molecular formula is C15H21N3O2. The Labute approximate surface area is 118 Å². The van der Waals surface area contributed by atoms with E-state index in [-0.39, 0.29) is 5.56 Å². The highest BCUT2D eigenvalue weighted by molar-refractivity contribution is 5.74. The van der Waals surface area contributed by atoms with Crippen LogP contribution in [0.3, 0.4) is 0 Å². The number of aryl methyl sites for hydroxylation is 1. The Morgan fingerprint density at radius 3 is 2.90 bits per heavy atom. The van der Waals surface area contributed by atoms with Crippen molar-refractivity contribution >= 4 is 11.0 Å². The van der Waals surface area contributed by atoms with E-state index < -0.39 is 0 Å². The van der Waals surface area contributed by atoms with Gasteiger partial charge in [-0.1, -0.05) is 12.1 Å². The SMILES string of the molecule is CCOCCNCCn1c(=O)c(C)nc2ccccc21. The standard InChI is InChI=1S/C15H21N3O2/c1-3-20-11-9-16-8-10-18-14-7-5-4-6-13(14)17-12(2)15(18)19/h4-7,16H,3,8-11H2,1-2H3. The van der Waals surface area contributed by atoms with Gasteiger partial charge >= 0.3 is 0 Å². The molecule has 0 saturated carbocycles. The van der Waals surface area contributed by atoms with Gasteiger partial charge in [0, 0.05) is 26.2 Å². The summed E-state index contributed by atoms with van der Waals surface area (Å²) in [5.74, 6) is 0. The molecule has 0 radical (unpaired) electrons. The predicted molar refractivity (Wildman–Crippen MR) is 80.1 cm³/mol. The van der Waals surface area contributed by atoms with Gasteiger partial charge in [0.25, 0.3) is 5.56 Å². The quantitative estimate of drug-likeness (QED) is 0.775. The third-order valence-corrected chi connectivity index (χ3v) is 3.15. The fourth-order valence-electron chi connectivity index (χ4n) is 2.15. The van der Waals surface area contributed by atoms with Gasteiger partial charge in [0.1, 0.15) is 5.69 Å². The van der Waals surface area contributed by atoms with E-state index in [4.69, 9.17) is 4.74 Å². The summed E-state index contributed by atoms with van der Waals surface area (Å²) in [6.45, 7) is 7.33. The Morgan fingerprint density at radius 1 is 1.30 bits per heavy atom. The molecule has 5 nitrogen and oxygen atoms in total. The van der Waals surface area contributed by atoms with Gasteiger partial charge < -0.3 is 14.6 Å². The molecule has 1 aromatic heterocycles. The predicted octanol–water partition coefficient (Wildman–Crippen LogP) is 1.33. The minimum atomic E-state index is -0.0182. The number of ether oxygens (including phenoxy) is 1. The van der Waals surface area contributed by atoms with E-state index in [1.165, 1.54) is 0 Å². The van der Waals surface area contributed by atoms with E-state index in [0.29, 0.717) is 18.8 Å². The largest absolute Gasteiger partial charge is 0.380 e. The van der Waals surface area contributed by atoms with Crippen molar-refractivity contribution < 1.29 is 4.74 Å². The molecule has 0 amide bonds. The van der Waals surface area contributed by atoms with Crippen molar-refractivity contribution in [3.63, 3.8) is 0 Å². The number of rotatable bonds is 7. The third-order valence-electron chi connectivity index (χ3n) is 3.15. The summed E-state index contributed by atoms with van der Waals surface area (Å²) in [5, 5.41) is 3.27. The lowest BCUT2D eigenvalue weighted by atomic mass is 10.2. The molecule has 20 heavy (non-hydrogen) atoms. The summed E-state index contributed by atoms with van der Waals surface area (Å²) >= 11 is 0. The van der Waals surface area contributed by atoms with Crippen LogP contribution in [-0.2, 0) is 11.3 Å². The molecule has 0 saturated heterocycles. The average molecular weight is 275 g/mol. The summed E-state index contributed by atoms with van der Waals surface area (Å²) < 4.78 is 7.04. The van der Waals surface area contributed by atoms with Gasteiger partial charge in [-0.25, -0.2) is 4.98 Å². The van der Waals surface area contributed by atoms with Crippen molar-refractivity contribution in [2.45, 2.75) is 20.4 Å². The Kier molecular flexibility index (Phi) is 5.26. The van der Waals surface area contributed by atoms with Crippen LogP contribution in [0.5, 0.6) is 0 Å². The summed E-state index contributed by atoms with van der Waals surface area (Å²) in [5.41, 5.74) is 2.27. The summed E-state index contributed by atoms with van der Waals surface area (Å²) in [6.07, 6.45) is 0. The highest BCUT2D eigenvalue weighted by Gasteiger charge is 2.06. The van der Waals surface area contributed by atoms with Crippen LogP contribution in [-0.4, -0.2) is 35.9 Å². The molecule has 0 atom stereocenters. The van der Waals surface area contributed by atoms with Crippen molar-refractivity contribution in [1.29, 1.82) is 0 Å². The lowest BCUT2D eigenvalue weighted by molar-refractivity contribution is 0.149. The number of aromatic nitrogens is 2. The lowest BCUT2D eigenvalue weighted by Gasteiger charge is -2.11. The monoisotopic (exact) mass is 275 g/mol. The minimum absolute atomic E-state index is 0.0182. The fraction of sp³-hybridized carbons (Fsp3) is 0.467. The van der Waals surface area contributed by atoms with Crippen LogP contribution in [0.25, 0.3) is 11.0 Å².